The molecule has 0 radical (unpaired) electrons. The number of aromatic nitrogens is 4. The van der Waals surface area contributed by atoms with E-state index >= 15 is 0 Å². The van der Waals surface area contributed by atoms with Crippen LogP contribution in [0.3, 0.4) is 0 Å². The van der Waals surface area contributed by atoms with Crippen LogP contribution in [0.1, 0.15) is 11.1 Å². The standard InChI is InChI=1S/C19H15ClN4O3S/c1-11-7-17-15(9-16(11)20)12(8-18(25)27-17)10-28-19-21-22-23-24(19)13-3-5-14(26-2)6-4-13/h3-9H,10H2,1-2H3. The van der Waals surface area contributed by atoms with Gasteiger partial charge < -0.3 is 9.15 Å². The molecule has 0 unspecified atom stereocenters. The van der Waals surface area contributed by atoms with Crippen LogP contribution in [-0.2, 0) is 5.75 Å². The van der Waals surface area contributed by atoms with Crippen molar-refractivity contribution in [3.63, 3.8) is 0 Å². The number of rotatable bonds is 5. The molecule has 28 heavy (non-hydrogen) atoms. The third-order valence-electron chi connectivity index (χ3n) is 4.22. The van der Waals surface area contributed by atoms with Crippen LogP contribution in [0.5, 0.6) is 5.75 Å². The number of hydrogen-bond acceptors (Lipinski definition) is 7. The van der Waals surface area contributed by atoms with E-state index in [1.165, 1.54) is 17.8 Å². The predicted molar refractivity (Wildman–Crippen MR) is 107 cm³/mol. The lowest BCUT2D eigenvalue weighted by atomic mass is 10.1. The van der Waals surface area contributed by atoms with Gasteiger partial charge >= 0.3 is 5.63 Å². The van der Waals surface area contributed by atoms with Crippen molar-refractivity contribution in [2.45, 2.75) is 17.8 Å². The van der Waals surface area contributed by atoms with Gasteiger partial charge in [0.2, 0.25) is 5.16 Å². The second-order valence-corrected chi connectivity index (χ2v) is 7.40. The van der Waals surface area contributed by atoms with Crippen molar-refractivity contribution in [1.82, 2.24) is 20.2 Å². The molecule has 0 saturated heterocycles. The molecule has 0 atom stereocenters. The first-order chi connectivity index (χ1) is 13.5. The number of halogens is 1. The molecular weight excluding hydrogens is 400 g/mol. The molecule has 7 nitrogen and oxygen atoms in total. The van der Waals surface area contributed by atoms with Gasteiger partial charge in [0.25, 0.3) is 0 Å². The summed E-state index contributed by atoms with van der Waals surface area (Å²) in [7, 11) is 1.61. The van der Waals surface area contributed by atoms with Gasteiger partial charge in [-0.25, -0.2) is 4.79 Å². The Morgan fingerprint density at radius 1 is 1.21 bits per heavy atom. The maximum atomic E-state index is 11.9. The smallest absolute Gasteiger partial charge is 0.336 e. The van der Waals surface area contributed by atoms with Crippen LogP contribution in [0, 0.1) is 6.92 Å². The zero-order valence-electron chi connectivity index (χ0n) is 15.0. The number of methoxy groups -OCH3 is 1. The Labute approximate surface area is 169 Å². The van der Waals surface area contributed by atoms with Crippen LogP contribution >= 0.6 is 23.4 Å². The zero-order chi connectivity index (χ0) is 19.7. The summed E-state index contributed by atoms with van der Waals surface area (Å²) < 4.78 is 12.1. The highest BCUT2D eigenvalue weighted by Gasteiger charge is 2.13. The number of ether oxygens (including phenoxy) is 1. The summed E-state index contributed by atoms with van der Waals surface area (Å²) in [4.78, 5) is 11.9. The van der Waals surface area contributed by atoms with Crippen LogP contribution in [-0.4, -0.2) is 27.3 Å². The predicted octanol–water partition coefficient (Wildman–Crippen LogP) is 4.03. The molecule has 4 rings (SSSR count). The molecule has 9 heteroatoms. The third-order valence-corrected chi connectivity index (χ3v) is 5.60. The molecule has 4 aromatic rings. The molecule has 0 amide bonds. The van der Waals surface area contributed by atoms with E-state index in [9.17, 15) is 4.79 Å². The summed E-state index contributed by atoms with van der Waals surface area (Å²) in [5.74, 6) is 1.23. The summed E-state index contributed by atoms with van der Waals surface area (Å²) in [5, 5.41) is 13.9. The van der Waals surface area contributed by atoms with Crippen molar-refractivity contribution in [3.8, 4) is 11.4 Å². The summed E-state index contributed by atoms with van der Waals surface area (Å²) in [5.41, 5.74) is 2.58. The Morgan fingerprint density at radius 3 is 2.75 bits per heavy atom. The fraction of sp³-hybridized carbons (Fsp3) is 0.158. The Kier molecular flexibility index (Phi) is 5.06. The largest absolute Gasteiger partial charge is 0.497 e. The van der Waals surface area contributed by atoms with E-state index in [2.05, 4.69) is 15.5 Å². The van der Waals surface area contributed by atoms with Crippen molar-refractivity contribution < 1.29 is 9.15 Å². The molecule has 2 aromatic carbocycles. The number of hydrogen-bond donors (Lipinski definition) is 0. The number of thioether (sulfide) groups is 1. The summed E-state index contributed by atoms with van der Waals surface area (Å²) >= 11 is 7.67. The molecule has 0 aliphatic heterocycles. The summed E-state index contributed by atoms with van der Waals surface area (Å²) in [6.07, 6.45) is 0. The molecule has 2 aromatic heterocycles. The third kappa shape index (κ3) is 3.61. The molecule has 0 fully saturated rings. The van der Waals surface area contributed by atoms with Crippen molar-refractivity contribution in [1.29, 1.82) is 0 Å². The van der Waals surface area contributed by atoms with E-state index in [1.807, 2.05) is 37.3 Å². The molecule has 0 N–H and O–H groups in total. The van der Waals surface area contributed by atoms with E-state index in [1.54, 1.807) is 17.9 Å². The van der Waals surface area contributed by atoms with Crippen LogP contribution < -0.4 is 10.4 Å². The molecular formula is C19H15ClN4O3S. The van der Waals surface area contributed by atoms with Crippen LogP contribution in [0.15, 0.2) is 56.8 Å². The summed E-state index contributed by atoms with van der Waals surface area (Å²) in [6.45, 7) is 1.87. The minimum atomic E-state index is -0.403. The highest BCUT2D eigenvalue weighted by molar-refractivity contribution is 7.98. The minimum absolute atomic E-state index is 0.403. The highest BCUT2D eigenvalue weighted by atomic mass is 35.5. The average Bonchev–Trinajstić information content (AvgIpc) is 3.16. The minimum Gasteiger partial charge on any atom is -0.497 e. The first-order valence-corrected chi connectivity index (χ1v) is 9.70. The van der Waals surface area contributed by atoms with E-state index in [0.29, 0.717) is 21.5 Å². The normalized spacial score (nSPS) is 11.1. The maximum Gasteiger partial charge on any atom is 0.336 e. The van der Waals surface area contributed by atoms with Gasteiger partial charge in [-0.1, -0.05) is 23.4 Å². The van der Waals surface area contributed by atoms with Gasteiger partial charge in [0.05, 0.1) is 12.8 Å². The Morgan fingerprint density at radius 2 is 2.00 bits per heavy atom. The zero-order valence-corrected chi connectivity index (χ0v) is 16.6. The van der Waals surface area contributed by atoms with Gasteiger partial charge in [0.1, 0.15) is 11.3 Å². The number of aryl methyl sites for hydroxylation is 1. The molecule has 0 spiro atoms. The van der Waals surface area contributed by atoms with Crippen LogP contribution in [0.25, 0.3) is 16.7 Å². The Bertz CT molecular complexity index is 1200. The fourth-order valence-corrected chi connectivity index (χ4v) is 3.81. The van der Waals surface area contributed by atoms with Gasteiger partial charge in [0, 0.05) is 22.2 Å². The van der Waals surface area contributed by atoms with Gasteiger partial charge in [-0.15, -0.1) is 5.10 Å². The quantitative estimate of drug-likeness (QED) is 0.360. The molecule has 2 heterocycles. The van der Waals surface area contributed by atoms with Crippen molar-refractivity contribution in [2.75, 3.05) is 7.11 Å². The SMILES string of the molecule is COc1ccc(-n2nnnc2SCc2cc(=O)oc3cc(C)c(Cl)cc23)cc1. The molecule has 0 aliphatic rings. The number of fused-ring (bicyclic) bond motifs is 1. The molecule has 142 valence electrons. The van der Waals surface area contributed by atoms with E-state index in [-0.39, 0.29) is 0 Å². The Hall–Kier alpha value is -2.84. The first-order valence-electron chi connectivity index (χ1n) is 8.33. The maximum absolute atomic E-state index is 11.9. The number of benzene rings is 2. The second-order valence-electron chi connectivity index (χ2n) is 6.05. The average molecular weight is 415 g/mol. The molecule has 0 bridgehead atoms. The second kappa shape index (κ2) is 7.65. The Balaban J connectivity index is 1.65. The fourth-order valence-electron chi connectivity index (χ4n) is 2.76. The van der Waals surface area contributed by atoms with Crippen molar-refractivity contribution in [2.24, 2.45) is 0 Å². The van der Waals surface area contributed by atoms with E-state index in [0.717, 1.165) is 28.0 Å². The van der Waals surface area contributed by atoms with E-state index in [4.69, 9.17) is 20.8 Å². The van der Waals surface area contributed by atoms with Crippen molar-refractivity contribution >= 4 is 34.3 Å². The van der Waals surface area contributed by atoms with Gasteiger partial charge in [-0.05, 0) is 64.9 Å². The lowest BCUT2D eigenvalue weighted by molar-refractivity contribution is 0.414. The first kappa shape index (κ1) is 18.5. The molecule has 0 aliphatic carbocycles. The topological polar surface area (TPSA) is 83.0 Å². The van der Waals surface area contributed by atoms with Gasteiger partial charge in [0.15, 0.2) is 0 Å². The van der Waals surface area contributed by atoms with Crippen molar-refractivity contribution in [3.05, 3.63) is 69.0 Å². The monoisotopic (exact) mass is 414 g/mol. The molecule has 0 saturated carbocycles. The summed E-state index contributed by atoms with van der Waals surface area (Å²) in [6, 6.07) is 12.5. The lowest BCUT2D eigenvalue weighted by Gasteiger charge is -2.08. The number of nitrogens with zero attached hydrogens (tertiary/aromatic N) is 4. The van der Waals surface area contributed by atoms with Gasteiger partial charge in [-0.3, -0.25) is 0 Å². The van der Waals surface area contributed by atoms with Crippen LogP contribution in [0.2, 0.25) is 5.02 Å². The lowest BCUT2D eigenvalue weighted by Crippen LogP contribution is -2.02. The van der Waals surface area contributed by atoms with Gasteiger partial charge in [-0.2, -0.15) is 4.68 Å². The van der Waals surface area contributed by atoms with Crippen LogP contribution in [0.4, 0.5) is 0 Å². The van der Waals surface area contributed by atoms with E-state index < -0.39 is 5.63 Å². The highest BCUT2D eigenvalue weighted by Crippen LogP contribution is 2.29. The number of tetrazole rings is 1.